The second-order valence-electron chi connectivity index (χ2n) is 9.96. The van der Waals surface area contributed by atoms with Crippen molar-refractivity contribution >= 4 is 0 Å². The Balaban J connectivity index is 1.85. The molecule has 0 amide bonds. The first-order chi connectivity index (χ1) is 15.4. The molecule has 0 spiro atoms. The van der Waals surface area contributed by atoms with Crippen molar-refractivity contribution in [3.63, 3.8) is 0 Å². The summed E-state index contributed by atoms with van der Waals surface area (Å²) >= 11 is 0. The Hall–Kier alpha value is -0.790. The van der Waals surface area contributed by atoms with Gasteiger partial charge in [0.2, 0.25) is 6.33 Å². The van der Waals surface area contributed by atoms with Crippen LogP contribution in [0.1, 0.15) is 155 Å². The Morgan fingerprint density at radius 1 is 0.484 bits per heavy atom. The Morgan fingerprint density at radius 3 is 1.32 bits per heavy atom. The quantitative estimate of drug-likeness (QED) is 0.113. The summed E-state index contributed by atoms with van der Waals surface area (Å²) in [6.07, 6.45) is 38.2. The molecule has 1 rings (SSSR count). The van der Waals surface area contributed by atoms with Crippen LogP contribution in [-0.2, 0) is 13.1 Å². The lowest BCUT2D eigenvalue weighted by Crippen LogP contribution is -2.30. The van der Waals surface area contributed by atoms with Crippen LogP contribution in [0, 0.1) is 0 Å². The Kier molecular flexibility index (Phi) is 20.4. The number of hydrogen-bond donors (Lipinski definition) is 0. The van der Waals surface area contributed by atoms with Gasteiger partial charge in [0, 0.05) is 0 Å². The maximum atomic E-state index is 2.40. The van der Waals surface area contributed by atoms with Gasteiger partial charge in [-0.1, -0.05) is 129 Å². The molecule has 1 heterocycles. The van der Waals surface area contributed by atoms with Crippen molar-refractivity contribution in [2.24, 2.45) is 0 Å². The molecule has 0 atom stereocenters. The van der Waals surface area contributed by atoms with Gasteiger partial charge < -0.3 is 0 Å². The second-order valence-corrected chi connectivity index (χ2v) is 9.96. The normalized spacial score (nSPS) is 11.4. The van der Waals surface area contributed by atoms with E-state index in [0.717, 1.165) is 0 Å². The molecule has 0 saturated heterocycles. The standard InChI is InChI=1S/C29H57N2/c1-3-5-7-9-11-13-14-15-16-18-20-22-24-26-31-28-27-30(29-31)25-23-21-19-17-12-10-8-6-4-2/h27-29H,3-26H2,1-2H3/q+1. The Morgan fingerprint density at radius 2 is 0.871 bits per heavy atom. The highest BCUT2D eigenvalue weighted by molar-refractivity contribution is 4.66. The Bertz CT molecular complexity index is 465. The van der Waals surface area contributed by atoms with E-state index in [4.69, 9.17) is 0 Å². The molecule has 31 heavy (non-hydrogen) atoms. The summed E-state index contributed by atoms with van der Waals surface area (Å²) in [5, 5.41) is 0. The largest absolute Gasteiger partial charge is 0.243 e. The van der Waals surface area contributed by atoms with E-state index in [9.17, 15) is 0 Å². The van der Waals surface area contributed by atoms with Crippen molar-refractivity contribution in [1.82, 2.24) is 4.57 Å². The lowest BCUT2D eigenvalue weighted by molar-refractivity contribution is -0.696. The molecule has 0 bridgehead atoms. The van der Waals surface area contributed by atoms with Crippen LogP contribution in [0.2, 0.25) is 0 Å². The van der Waals surface area contributed by atoms with Gasteiger partial charge in [0.05, 0.1) is 13.1 Å². The summed E-state index contributed by atoms with van der Waals surface area (Å²) in [4.78, 5) is 0. The lowest BCUT2D eigenvalue weighted by atomic mass is 10.0. The van der Waals surface area contributed by atoms with Gasteiger partial charge in [-0.3, -0.25) is 0 Å². The summed E-state index contributed by atoms with van der Waals surface area (Å²) in [6, 6.07) is 0. The number of rotatable bonds is 24. The van der Waals surface area contributed by atoms with Gasteiger partial charge in [0.15, 0.2) is 0 Å². The summed E-state index contributed by atoms with van der Waals surface area (Å²) in [7, 11) is 0. The van der Waals surface area contributed by atoms with Crippen LogP contribution in [-0.4, -0.2) is 4.57 Å². The number of hydrogen-bond acceptors (Lipinski definition) is 0. The SMILES string of the molecule is CCCCCCCCCCCCCCC[n+]1ccn(CCCCCCCCCCC)c1. The van der Waals surface area contributed by atoms with Gasteiger partial charge in [0.1, 0.15) is 12.4 Å². The molecule has 0 fully saturated rings. The maximum absolute atomic E-state index is 2.40. The summed E-state index contributed by atoms with van der Waals surface area (Å²) in [5.74, 6) is 0. The van der Waals surface area contributed by atoms with Crippen LogP contribution in [0.15, 0.2) is 18.7 Å². The molecule has 1 aromatic rings. The molecule has 0 aliphatic heterocycles. The van der Waals surface area contributed by atoms with Gasteiger partial charge in [-0.05, 0) is 25.7 Å². The summed E-state index contributed by atoms with van der Waals surface area (Å²) in [6.45, 7) is 6.99. The monoisotopic (exact) mass is 433 g/mol. The van der Waals surface area contributed by atoms with E-state index in [0.29, 0.717) is 0 Å². The first-order valence-corrected chi connectivity index (χ1v) is 14.4. The molecule has 0 aromatic carbocycles. The van der Waals surface area contributed by atoms with Crippen molar-refractivity contribution in [2.45, 2.75) is 168 Å². The highest BCUT2D eigenvalue weighted by Gasteiger charge is 2.03. The summed E-state index contributed by atoms with van der Waals surface area (Å²) in [5.41, 5.74) is 0. The predicted molar refractivity (Wildman–Crippen MR) is 138 cm³/mol. The van der Waals surface area contributed by atoms with Crippen molar-refractivity contribution < 1.29 is 4.57 Å². The van der Waals surface area contributed by atoms with Crippen LogP contribution in [0.4, 0.5) is 0 Å². The van der Waals surface area contributed by atoms with E-state index in [1.54, 1.807) is 0 Å². The molecule has 0 radical (unpaired) electrons. The van der Waals surface area contributed by atoms with Gasteiger partial charge in [0.25, 0.3) is 0 Å². The van der Waals surface area contributed by atoms with E-state index < -0.39 is 0 Å². The van der Waals surface area contributed by atoms with Crippen LogP contribution >= 0.6 is 0 Å². The molecule has 0 saturated carbocycles. The van der Waals surface area contributed by atoms with Gasteiger partial charge in [-0.15, -0.1) is 0 Å². The zero-order valence-corrected chi connectivity index (χ0v) is 21.6. The first kappa shape index (κ1) is 28.2. The van der Waals surface area contributed by atoms with Gasteiger partial charge >= 0.3 is 0 Å². The molecule has 182 valence electrons. The van der Waals surface area contributed by atoms with Crippen molar-refractivity contribution in [2.75, 3.05) is 0 Å². The third kappa shape index (κ3) is 18.5. The molecule has 0 aliphatic rings. The molecular weight excluding hydrogens is 376 g/mol. The molecule has 2 nitrogen and oxygen atoms in total. The van der Waals surface area contributed by atoms with Crippen molar-refractivity contribution in [3.05, 3.63) is 18.7 Å². The van der Waals surface area contributed by atoms with Gasteiger partial charge in [-0.25, -0.2) is 9.13 Å². The van der Waals surface area contributed by atoms with Crippen LogP contribution in [0.25, 0.3) is 0 Å². The Labute approximate surface area is 196 Å². The van der Waals surface area contributed by atoms with E-state index in [-0.39, 0.29) is 0 Å². The summed E-state index contributed by atoms with van der Waals surface area (Å²) < 4.78 is 4.79. The predicted octanol–water partition coefficient (Wildman–Crippen LogP) is 9.40. The average Bonchev–Trinajstić information content (AvgIpc) is 3.23. The third-order valence-corrected chi connectivity index (χ3v) is 6.79. The smallest absolute Gasteiger partial charge is 0.237 e. The fourth-order valence-electron chi connectivity index (χ4n) is 4.62. The third-order valence-electron chi connectivity index (χ3n) is 6.79. The minimum Gasteiger partial charge on any atom is -0.237 e. The highest BCUT2D eigenvalue weighted by atomic mass is 15.1. The number of imidazole rings is 1. The second kappa shape index (κ2) is 22.4. The lowest BCUT2D eigenvalue weighted by Gasteiger charge is -2.02. The number of nitrogens with zero attached hydrogens (tertiary/aromatic N) is 2. The fraction of sp³-hybridized carbons (Fsp3) is 0.897. The molecular formula is C29H57N2+. The topological polar surface area (TPSA) is 8.81 Å². The van der Waals surface area contributed by atoms with Crippen LogP contribution < -0.4 is 4.57 Å². The van der Waals surface area contributed by atoms with Gasteiger partial charge in [-0.2, -0.15) is 0 Å². The minimum atomic E-state index is 1.20. The number of aryl methyl sites for hydroxylation is 2. The zero-order valence-electron chi connectivity index (χ0n) is 21.6. The molecule has 1 aromatic heterocycles. The number of aromatic nitrogens is 2. The van der Waals surface area contributed by atoms with E-state index in [2.05, 4.69) is 41.7 Å². The van der Waals surface area contributed by atoms with E-state index >= 15 is 0 Å². The average molecular weight is 434 g/mol. The zero-order chi connectivity index (χ0) is 22.2. The van der Waals surface area contributed by atoms with Crippen molar-refractivity contribution in [1.29, 1.82) is 0 Å². The molecule has 0 aliphatic carbocycles. The van der Waals surface area contributed by atoms with Crippen molar-refractivity contribution in [3.8, 4) is 0 Å². The minimum absolute atomic E-state index is 1.20. The molecule has 2 heteroatoms. The molecule has 0 unspecified atom stereocenters. The van der Waals surface area contributed by atoms with Crippen LogP contribution in [0.3, 0.4) is 0 Å². The van der Waals surface area contributed by atoms with E-state index in [1.165, 1.54) is 154 Å². The maximum Gasteiger partial charge on any atom is 0.243 e. The van der Waals surface area contributed by atoms with Crippen LogP contribution in [0.5, 0.6) is 0 Å². The number of unbranched alkanes of at least 4 members (excludes halogenated alkanes) is 20. The molecule has 0 N–H and O–H groups in total. The first-order valence-electron chi connectivity index (χ1n) is 14.4. The van der Waals surface area contributed by atoms with E-state index in [1.807, 2.05) is 0 Å². The highest BCUT2D eigenvalue weighted by Crippen LogP contribution is 2.13. The fourth-order valence-corrected chi connectivity index (χ4v) is 4.62.